The van der Waals surface area contributed by atoms with Crippen LogP contribution in [0.15, 0.2) is 48.5 Å². The third-order valence-corrected chi connectivity index (χ3v) is 4.79. The SMILES string of the molecule is Clc1cccc(Cl)c1C[NH+]1CCN(c2ccccc2)CC1. The van der Waals surface area contributed by atoms with E-state index in [9.17, 15) is 0 Å². The van der Waals surface area contributed by atoms with Gasteiger partial charge in [-0.25, -0.2) is 0 Å². The van der Waals surface area contributed by atoms with E-state index in [-0.39, 0.29) is 0 Å². The first-order valence-corrected chi connectivity index (χ1v) is 8.06. The molecule has 1 N–H and O–H groups in total. The molecule has 1 heterocycles. The summed E-state index contributed by atoms with van der Waals surface area (Å²) in [6, 6.07) is 16.3. The molecule has 4 heteroatoms. The highest BCUT2D eigenvalue weighted by atomic mass is 35.5. The fraction of sp³-hybridized carbons (Fsp3) is 0.294. The van der Waals surface area contributed by atoms with Gasteiger partial charge in [-0.15, -0.1) is 0 Å². The molecule has 2 nitrogen and oxygen atoms in total. The van der Waals surface area contributed by atoms with Crippen LogP contribution in [-0.2, 0) is 6.54 Å². The largest absolute Gasteiger partial charge is 0.360 e. The number of hydrogen-bond donors (Lipinski definition) is 1. The van der Waals surface area contributed by atoms with Crippen molar-refractivity contribution in [2.45, 2.75) is 6.54 Å². The maximum atomic E-state index is 6.27. The molecule has 110 valence electrons. The van der Waals surface area contributed by atoms with E-state index < -0.39 is 0 Å². The third-order valence-electron chi connectivity index (χ3n) is 4.08. The first-order chi connectivity index (χ1) is 10.2. The van der Waals surface area contributed by atoms with Gasteiger partial charge in [-0.05, 0) is 24.3 Å². The molecule has 1 saturated heterocycles. The molecule has 0 bridgehead atoms. The highest BCUT2D eigenvalue weighted by Gasteiger charge is 2.21. The molecular formula is C17H19Cl2N2+. The van der Waals surface area contributed by atoms with E-state index in [1.807, 2.05) is 18.2 Å². The van der Waals surface area contributed by atoms with E-state index >= 15 is 0 Å². The zero-order chi connectivity index (χ0) is 14.7. The van der Waals surface area contributed by atoms with Crippen molar-refractivity contribution in [2.75, 3.05) is 31.1 Å². The van der Waals surface area contributed by atoms with Gasteiger partial charge < -0.3 is 9.80 Å². The van der Waals surface area contributed by atoms with Crippen LogP contribution in [0.3, 0.4) is 0 Å². The number of piperazine rings is 1. The van der Waals surface area contributed by atoms with Gasteiger partial charge in [-0.3, -0.25) is 0 Å². The first kappa shape index (κ1) is 14.7. The van der Waals surface area contributed by atoms with Crippen LogP contribution in [0.4, 0.5) is 5.69 Å². The molecule has 1 aliphatic heterocycles. The average Bonchev–Trinajstić information content (AvgIpc) is 2.53. The van der Waals surface area contributed by atoms with Crippen molar-refractivity contribution in [3.8, 4) is 0 Å². The smallest absolute Gasteiger partial charge is 0.106 e. The highest BCUT2D eigenvalue weighted by Crippen LogP contribution is 2.23. The molecule has 21 heavy (non-hydrogen) atoms. The molecule has 0 aromatic heterocycles. The van der Waals surface area contributed by atoms with Crippen molar-refractivity contribution >= 4 is 28.9 Å². The lowest BCUT2D eigenvalue weighted by molar-refractivity contribution is -0.914. The van der Waals surface area contributed by atoms with Crippen molar-refractivity contribution in [3.05, 3.63) is 64.1 Å². The highest BCUT2D eigenvalue weighted by molar-refractivity contribution is 6.35. The van der Waals surface area contributed by atoms with E-state index in [1.54, 1.807) is 0 Å². The van der Waals surface area contributed by atoms with Gasteiger partial charge in [0.05, 0.1) is 36.2 Å². The number of nitrogens with zero attached hydrogens (tertiary/aromatic N) is 1. The van der Waals surface area contributed by atoms with Gasteiger partial charge >= 0.3 is 0 Å². The molecule has 1 aliphatic rings. The number of halogens is 2. The quantitative estimate of drug-likeness (QED) is 0.913. The van der Waals surface area contributed by atoms with Crippen LogP contribution in [0.25, 0.3) is 0 Å². The Bertz CT molecular complexity index is 573. The Morgan fingerprint density at radius 2 is 1.48 bits per heavy atom. The van der Waals surface area contributed by atoms with Gasteiger partial charge in [0.1, 0.15) is 6.54 Å². The normalized spacial score (nSPS) is 16.2. The Labute approximate surface area is 135 Å². The summed E-state index contributed by atoms with van der Waals surface area (Å²) < 4.78 is 0. The van der Waals surface area contributed by atoms with Crippen molar-refractivity contribution in [3.63, 3.8) is 0 Å². The summed E-state index contributed by atoms with van der Waals surface area (Å²) in [5, 5.41) is 1.56. The van der Waals surface area contributed by atoms with Gasteiger partial charge in [0.25, 0.3) is 0 Å². The maximum absolute atomic E-state index is 6.27. The number of anilines is 1. The Hall–Kier alpha value is -1.22. The van der Waals surface area contributed by atoms with E-state index in [0.29, 0.717) is 0 Å². The molecular weight excluding hydrogens is 303 g/mol. The molecule has 0 saturated carbocycles. The minimum atomic E-state index is 0.778. The van der Waals surface area contributed by atoms with Crippen LogP contribution in [0.1, 0.15) is 5.56 Å². The summed E-state index contributed by atoms with van der Waals surface area (Å²) >= 11 is 12.5. The number of hydrogen-bond acceptors (Lipinski definition) is 1. The van der Waals surface area contributed by atoms with Crippen molar-refractivity contribution in [1.82, 2.24) is 0 Å². The number of benzene rings is 2. The number of rotatable bonds is 3. The summed E-state index contributed by atoms with van der Waals surface area (Å²) in [6.07, 6.45) is 0. The number of para-hydroxylation sites is 1. The molecule has 0 radical (unpaired) electrons. The summed E-state index contributed by atoms with van der Waals surface area (Å²) in [6.45, 7) is 5.26. The second kappa shape index (κ2) is 6.69. The summed E-state index contributed by atoms with van der Waals surface area (Å²) in [7, 11) is 0. The van der Waals surface area contributed by atoms with Gasteiger partial charge in [0.2, 0.25) is 0 Å². The van der Waals surface area contributed by atoms with Crippen molar-refractivity contribution in [2.24, 2.45) is 0 Å². The topological polar surface area (TPSA) is 7.68 Å². The number of nitrogens with one attached hydrogen (secondary N) is 1. The molecule has 2 aromatic carbocycles. The fourth-order valence-electron chi connectivity index (χ4n) is 2.85. The second-order valence-corrected chi connectivity index (χ2v) is 6.26. The van der Waals surface area contributed by atoms with Crippen molar-refractivity contribution in [1.29, 1.82) is 0 Å². The molecule has 0 amide bonds. The Morgan fingerprint density at radius 3 is 2.10 bits per heavy atom. The lowest BCUT2D eigenvalue weighted by Crippen LogP contribution is -3.13. The fourth-order valence-corrected chi connectivity index (χ4v) is 3.38. The van der Waals surface area contributed by atoms with E-state index in [0.717, 1.165) is 48.3 Å². The summed E-state index contributed by atoms with van der Waals surface area (Å²) in [4.78, 5) is 3.98. The van der Waals surface area contributed by atoms with Gasteiger partial charge in [0.15, 0.2) is 0 Å². The first-order valence-electron chi connectivity index (χ1n) is 7.30. The van der Waals surface area contributed by atoms with Gasteiger partial charge in [0, 0.05) is 11.3 Å². The van der Waals surface area contributed by atoms with Crippen LogP contribution in [0, 0.1) is 0 Å². The van der Waals surface area contributed by atoms with Gasteiger partial charge in [-0.1, -0.05) is 47.5 Å². The predicted molar refractivity (Wildman–Crippen MR) is 89.5 cm³/mol. The Balaban J connectivity index is 1.62. The van der Waals surface area contributed by atoms with Gasteiger partial charge in [-0.2, -0.15) is 0 Å². The molecule has 0 atom stereocenters. The maximum Gasteiger partial charge on any atom is 0.106 e. The number of quaternary nitrogens is 1. The lowest BCUT2D eigenvalue weighted by Gasteiger charge is -2.33. The minimum Gasteiger partial charge on any atom is -0.360 e. The van der Waals surface area contributed by atoms with Crippen LogP contribution in [0.2, 0.25) is 10.0 Å². The standard InChI is InChI=1S/C17H18Cl2N2/c18-16-7-4-8-17(19)15(16)13-20-9-11-21(12-10-20)14-5-2-1-3-6-14/h1-8H,9-13H2/p+1. The van der Waals surface area contributed by atoms with Crippen molar-refractivity contribution < 1.29 is 4.90 Å². The zero-order valence-corrected chi connectivity index (χ0v) is 13.4. The molecule has 1 fully saturated rings. The molecule has 0 aliphatic carbocycles. The van der Waals surface area contributed by atoms with Crippen LogP contribution < -0.4 is 9.80 Å². The van der Waals surface area contributed by atoms with Crippen LogP contribution >= 0.6 is 23.2 Å². The lowest BCUT2D eigenvalue weighted by atomic mass is 10.2. The monoisotopic (exact) mass is 321 g/mol. The van der Waals surface area contributed by atoms with Crippen LogP contribution in [-0.4, -0.2) is 26.2 Å². The Morgan fingerprint density at radius 1 is 0.857 bits per heavy atom. The Kier molecular flexibility index (Phi) is 4.69. The van der Waals surface area contributed by atoms with E-state index in [1.165, 1.54) is 10.6 Å². The molecule has 2 aromatic rings. The third kappa shape index (κ3) is 3.52. The van der Waals surface area contributed by atoms with Crippen LogP contribution in [0.5, 0.6) is 0 Å². The average molecular weight is 322 g/mol. The van der Waals surface area contributed by atoms with E-state index in [2.05, 4.69) is 35.2 Å². The second-order valence-electron chi connectivity index (χ2n) is 5.45. The summed E-state index contributed by atoms with van der Waals surface area (Å²) in [5.41, 5.74) is 2.39. The molecule has 3 rings (SSSR count). The molecule has 0 unspecified atom stereocenters. The predicted octanol–water partition coefficient (Wildman–Crippen LogP) is 2.90. The van der Waals surface area contributed by atoms with E-state index in [4.69, 9.17) is 23.2 Å². The summed E-state index contributed by atoms with van der Waals surface area (Å²) in [5.74, 6) is 0. The molecule has 0 spiro atoms. The zero-order valence-electron chi connectivity index (χ0n) is 11.9. The minimum absolute atomic E-state index is 0.778.